The minimum Gasteiger partial charge on any atom is -0.495 e. The molecule has 1 amide bonds. The first-order valence-electron chi connectivity index (χ1n) is 6.91. The summed E-state index contributed by atoms with van der Waals surface area (Å²) in [5, 5.41) is 0. The van der Waals surface area contributed by atoms with Gasteiger partial charge in [-0.05, 0) is 30.9 Å². The zero-order valence-electron chi connectivity index (χ0n) is 11.7. The minimum absolute atomic E-state index is 0.00676. The fourth-order valence-electron chi connectivity index (χ4n) is 2.64. The first-order chi connectivity index (χ1) is 9.19. The maximum absolute atomic E-state index is 12.5. The van der Waals surface area contributed by atoms with Crippen molar-refractivity contribution < 1.29 is 9.53 Å². The van der Waals surface area contributed by atoms with Crippen molar-refractivity contribution in [1.82, 2.24) is 0 Å². The monoisotopic (exact) mass is 262 g/mol. The molecule has 1 aromatic rings. The number of amides is 1. The molecule has 104 valence electrons. The third-order valence-corrected chi connectivity index (χ3v) is 3.58. The second kappa shape index (κ2) is 6.06. The molecule has 4 nitrogen and oxygen atoms in total. The summed E-state index contributed by atoms with van der Waals surface area (Å²) in [7, 11) is 1.64. The third kappa shape index (κ3) is 2.73. The van der Waals surface area contributed by atoms with Gasteiger partial charge >= 0.3 is 0 Å². The maximum Gasteiger partial charge on any atom is 0.244 e. The molecular weight excluding hydrogens is 240 g/mol. The lowest BCUT2D eigenvalue weighted by Gasteiger charge is -2.32. The van der Waals surface area contributed by atoms with E-state index in [-0.39, 0.29) is 5.91 Å². The van der Waals surface area contributed by atoms with E-state index < -0.39 is 6.04 Å². The molecule has 0 saturated heterocycles. The second-order valence-corrected chi connectivity index (χ2v) is 4.96. The Morgan fingerprint density at radius 1 is 1.53 bits per heavy atom. The van der Waals surface area contributed by atoms with Gasteiger partial charge in [0.05, 0.1) is 18.8 Å². The van der Waals surface area contributed by atoms with Gasteiger partial charge in [0.25, 0.3) is 0 Å². The van der Waals surface area contributed by atoms with Crippen molar-refractivity contribution in [2.45, 2.75) is 38.6 Å². The van der Waals surface area contributed by atoms with Crippen LogP contribution in [0.5, 0.6) is 5.75 Å². The zero-order valence-corrected chi connectivity index (χ0v) is 11.7. The maximum atomic E-state index is 12.5. The molecule has 4 heteroatoms. The van der Waals surface area contributed by atoms with Gasteiger partial charge in [-0.25, -0.2) is 0 Å². The number of fused-ring (bicyclic) bond motifs is 1. The van der Waals surface area contributed by atoms with Crippen molar-refractivity contribution in [2.75, 3.05) is 18.6 Å². The molecule has 0 radical (unpaired) electrons. The van der Waals surface area contributed by atoms with Crippen molar-refractivity contribution >= 4 is 11.6 Å². The number of aryl methyl sites for hydroxylation is 1. The molecule has 1 aliphatic heterocycles. The molecule has 0 saturated carbocycles. The van der Waals surface area contributed by atoms with Crippen molar-refractivity contribution in [3.05, 3.63) is 23.8 Å². The summed E-state index contributed by atoms with van der Waals surface area (Å²) in [6, 6.07) is 5.51. The quantitative estimate of drug-likeness (QED) is 0.904. The van der Waals surface area contributed by atoms with E-state index in [9.17, 15) is 4.79 Å². The Morgan fingerprint density at radius 2 is 2.32 bits per heavy atom. The highest BCUT2D eigenvalue weighted by molar-refractivity contribution is 5.99. The van der Waals surface area contributed by atoms with Gasteiger partial charge in [0, 0.05) is 6.54 Å². The predicted molar refractivity (Wildman–Crippen MR) is 76.6 cm³/mol. The molecule has 1 aliphatic rings. The number of hydrogen-bond donors (Lipinski definition) is 1. The summed E-state index contributed by atoms with van der Waals surface area (Å²) in [6.07, 6.45) is 3.60. The van der Waals surface area contributed by atoms with E-state index in [0.717, 1.165) is 43.7 Å². The number of rotatable bonds is 4. The lowest BCUT2D eigenvalue weighted by molar-refractivity contribution is -0.120. The Labute approximate surface area is 114 Å². The van der Waals surface area contributed by atoms with E-state index >= 15 is 0 Å². The molecule has 0 aliphatic carbocycles. The van der Waals surface area contributed by atoms with E-state index in [4.69, 9.17) is 10.5 Å². The summed E-state index contributed by atoms with van der Waals surface area (Å²) in [6.45, 7) is 2.77. The number of benzene rings is 1. The summed E-state index contributed by atoms with van der Waals surface area (Å²) in [4.78, 5) is 14.3. The van der Waals surface area contributed by atoms with Gasteiger partial charge in [0.15, 0.2) is 0 Å². The smallest absolute Gasteiger partial charge is 0.244 e. The Bertz CT molecular complexity index is 445. The van der Waals surface area contributed by atoms with Gasteiger partial charge in [-0.15, -0.1) is 0 Å². The van der Waals surface area contributed by atoms with Crippen LogP contribution < -0.4 is 15.4 Å². The van der Waals surface area contributed by atoms with Crippen molar-refractivity contribution in [2.24, 2.45) is 5.73 Å². The Morgan fingerprint density at radius 3 is 3.00 bits per heavy atom. The van der Waals surface area contributed by atoms with Crippen LogP contribution in [0.1, 0.15) is 31.7 Å². The predicted octanol–water partition coefficient (Wildman–Crippen LogP) is 2.10. The Kier molecular flexibility index (Phi) is 4.43. The van der Waals surface area contributed by atoms with E-state index in [1.54, 1.807) is 12.0 Å². The second-order valence-electron chi connectivity index (χ2n) is 4.96. The van der Waals surface area contributed by atoms with Gasteiger partial charge in [-0.3, -0.25) is 4.79 Å². The van der Waals surface area contributed by atoms with Crippen LogP contribution in [0.25, 0.3) is 0 Å². The molecular formula is C15H22N2O2. The topological polar surface area (TPSA) is 55.6 Å². The van der Waals surface area contributed by atoms with Gasteiger partial charge in [-0.1, -0.05) is 25.5 Å². The molecule has 0 fully saturated rings. The Hall–Kier alpha value is -1.55. The van der Waals surface area contributed by atoms with Crippen molar-refractivity contribution in [1.29, 1.82) is 0 Å². The largest absolute Gasteiger partial charge is 0.495 e. The normalized spacial score (nSPS) is 15.8. The number of nitrogens with zero attached hydrogens (tertiary/aromatic N) is 1. The molecule has 1 heterocycles. The summed E-state index contributed by atoms with van der Waals surface area (Å²) in [5.41, 5.74) is 8.05. The highest BCUT2D eigenvalue weighted by Crippen LogP contribution is 2.36. The van der Waals surface area contributed by atoms with Gasteiger partial charge in [0.2, 0.25) is 5.91 Å². The number of anilines is 1. The number of para-hydroxylation sites is 1. The van der Waals surface area contributed by atoms with E-state index in [0.29, 0.717) is 0 Å². The van der Waals surface area contributed by atoms with Crippen molar-refractivity contribution in [3.8, 4) is 5.75 Å². The molecule has 19 heavy (non-hydrogen) atoms. The number of ether oxygens (including phenoxy) is 1. The zero-order chi connectivity index (χ0) is 13.8. The minimum atomic E-state index is -0.416. The number of carbonyl (C=O) groups excluding carboxylic acids is 1. The average molecular weight is 262 g/mol. The van der Waals surface area contributed by atoms with Crippen LogP contribution in [0, 0.1) is 0 Å². The SMILES string of the molecule is CCCC(N)C(=O)N1CCCc2cccc(OC)c21. The molecule has 0 bridgehead atoms. The van der Waals surface area contributed by atoms with Gasteiger partial charge in [0.1, 0.15) is 5.75 Å². The highest BCUT2D eigenvalue weighted by atomic mass is 16.5. The first-order valence-corrected chi connectivity index (χ1v) is 6.91. The van der Waals surface area contributed by atoms with Crippen molar-refractivity contribution in [3.63, 3.8) is 0 Å². The summed E-state index contributed by atoms with van der Waals surface area (Å²) in [5.74, 6) is 0.765. The van der Waals surface area contributed by atoms with Crippen LogP contribution in [-0.2, 0) is 11.2 Å². The van der Waals surface area contributed by atoms with Crippen LogP contribution in [0.4, 0.5) is 5.69 Å². The number of nitrogens with two attached hydrogens (primary N) is 1. The lowest BCUT2D eigenvalue weighted by atomic mass is 9.99. The van der Waals surface area contributed by atoms with E-state index in [1.165, 1.54) is 5.56 Å². The first kappa shape index (κ1) is 13.9. The van der Waals surface area contributed by atoms with Crippen LogP contribution in [0.15, 0.2) is 18.2 Å². The summed E-state index contributed by atoms with van der Waals surface area (Å²) < 4.78 is 5.40. The Balaban J connectivity index is 2.33. The van der Waals surface area contributed by atoms with Crippen LogP contribution in [-0.4, -0.2) is 25.6 Å². The highest BCUT2D eigenvalue weighted by Gasteiger charge is 2.28. The standard InChI is InChI=1S/C15H22N2O2/c1-3-6-12(16)15(18)17-10-5-8-11-7-4-9-13(19-2)14(11)17/h4,7,9,12H,3,5-6,8,10,16H2,1-2H3. The van der Waals surface area contributed by atoms with Crippen LogP contribution >= 0.6 is 0 Å². The molecule has 0 spiro atoms. The van der Waals surface area contributed by atoms with Gasteiger partial charge < -0.3 is 15.4 Å². The van der Waals surface area contributed by atoms with Crippen LogP contribution in [0.2, 0.25) is 0 Å². The van der Waals surface area contributed by atoms with E-state index in [1.807, 2.05) is 19.1 Å². The summed E-state index contributed by atoms with van der Waals surface area (Å²) >= 11 is 0. The van der Waals surface area contributed by atoms with Gasteiger partial charge in [-0.2, -0.15) is 0 Å². The fourth-order valence-corrected chi connectivity index (χ4v) is 2.64. The fraction of sp³-hybridized carbons (Fsp3) is 0.533. The molecule has 2 N–H and O–H groups in total. The molecule has 0 aromatic heterocycles. The molecule has 1 aromatic carbocycles. The average Bonchev–Trinajstić information content (AvgIpc) is 2.45. The molecule has 1 unspecified atom stereocenters. The third-order valence-electron chi connectivity index (χ3n) is 3.58. The molecule has 1 atom stereocenters. The van der Waals surface area contributed by atoms with Crippen LogP contribution in [0.3, 0.4) is 0 Å². The van der Waals surface area contributed by atoms with E-state index in [2.05, 4.69) is 6.07 Å². The number of hydrogen-bond acceptors (Lipinski definition) is 3. The molecule has 2 rings (SSSR count). The number of carbonyl (C=O) groups is 1. The lowest BCUT2D eigenvalue weighted by Crippen LogP contribution is -2.46. The number of methoxy groups -OCH3 is 1.